The number of ether oxygens (including phenoxy) is 4. The predicted octanol–water partition coefficient (Wildman–Crippen LogP) is 2.28. The van der Waals surface area contributed by atoms with Gasteiger partial charge < -0.3 is 24.1 Å². The molecule has 0 aliphatic carbocycles. The maximum absolute atomic E-state index is 10.3. The van der Waals surface area contributed by atoms with Gasteiger partial charge in [0.15, 0.2) is 11.5 Å². The number of β-amino-alcohol motifs (C(OH)–C–C–N with tert-alkyl or cyclic N) is 1. The molecule has 0 saturated carbocycles. The van der Waals surface area contributed by atoms with E-state index in [9.17, 15) is 5.11 Å². The minimum Gasteiger partial charge on any atom is -0.493 e. The van der Waals surface area contributed by atoms with E-state index in [1.54, 1.807) is 7.11 Å². The molecule has 1 atom stereocenters. The first-order valence-electron chi connectivity index (χ1n) is 10.8. The second kappa shape index (κ2) is 12.5. The number of nitrogens with zero attached hydrogens (tertiary/aromatic N) is 2. The lowest BCUT2D eigenvalue weighted by Gasteiger charge is -2.28. The van der Waals surface area contributed by atoms with Crippen molar-refractivity contribution < 1.29 is 24.1 Å². The smallest absolute Gasteiger partial charge is 0.161 e. The van der Waals surface area contributed by atoms with Crippen LogP contribution in [-0.4, -0.2) is 87.8 Å². The highest BCUT2D eigenvalue weighted by Crippen LogP contribution is 2.28. The lowest BCUT2D eigenvalue weighted by atomic mass is 10.2. The lowest BCUT2D eigenvalue weighted by Crippen LogP contribution is -2.42. The van der Waals surface area contributed by atoms with Crippen molar-refractivity contribution in [2.45, 2.75) is 12.6 Å². The predicted molar refractivity (Wildman–Crippen MR) is 120 cm³/mol. The van der Waals surface area contributed by atoms with Crippen LogP contribution in [0.4, 0.5) is 0 Å². The molecule has 0 aromatic heterocycles. The van der Waals surface area contributed by atoms with Crippen LogP contribution in [0.1, 0.15) is 5.56 Å². The molecule has 1 aliphatic heterocycles. The van der Waals surface area contributed by atoms with Crippen LogP contribution in [0.3, 0.4) is 0 Å². The second-order valence-electron chi connectivity index (χ2n) is 7.76. The van der Waals surface area contributed by atoms with E-state index in [0.29, 0.717) is 24.7 Å². The van der Waals surface area contributed by atoms with Crippen molar-refractivity contribution in [1.82, 2.24) is 9.80 Å². The number of morpholine rings is 1. The van der Waals surface area contributed by atoms with Crippen molar-refractivity contribution in [1.29, 1.82) is 0 Å². The first kappa shape index (κ1) is 23.3. The number of hydrogen-bond donors (Lipinski definition) is 1. The molecule has 31 heavy (non-hydrogen) atoms. The van der Waals surface area contributed by atoms with Crippen molar-refractivity contribution in [3.63, 3.8) is 0 Å². The van der Waals surface area contributed by atoms with Gasteiger partial charge in [0.05, 0.1) is 20.3 Å². The number of benzene rings is 2. The van der Waals surface area contributed by atoms with Gasteiger partial charge in [-0.3, -0.25) is 9.80 Å². The summed E-state index contributed by atoms with van der Waals surface area (Å²) in [5, 5.41) is 10.3. The van der Waals surface area contributed by atoms with Crippen LogP contribution >= 0.6 is 0 Å². The fraction of sp³-hybridized carbons (Fsp3) is 0.500. The molecule has 1 heterocycles. The summed E-state index contributed by atoms with van der Waals surface area (Å²) < 4.78 is 22.5. The molecule has 170 valence electrons. The Morgan fingerprint density at radius 3 is 2.58 bits per heavy atom. The Kier molecular flexibility index (Phi) is 9.42. The molecule has 0 spiro atoms. The van der Waals surface area contributed by atoms with Crippen LogP contribution in [-0.2, 0) is 11.3 Å². The molecule has 0 amide bonds. The minimum atomic E-state index is -0.557. The van der Waals surface area contributed by atoms with Gasteiger partial charge in [0.2, 0.25) is 0 Å². The van der Waals surface area contributed by atoms with E-state index in [0.717, 1.165) is 50.7 Å². The molecule has 7 heteroatoms. The molecule has 1 fully saturated rings. The Balaban J connectivity index is 1.43. The van der Waals surface area contributed by atoms with Gasteiger partial charge in [-0.05, 0) is 36.9 Å². The maximum atomic E-state index is 10.3. The standard InChI is InChI=1S/C24H34N2O5/c1-25(10-15-30-22-6-4-3-5-7-22)17-20-8-9-23(24(16-20)28-2)31-19-21(27)18-26-11-13-29-14-12-26/h3-9,16,21,27H,10-15,17-19H2,1-2H3/t21-/m1/s1. The summed E-state index contributed by atoms with van der Waals surface area (Å²) >= 11 is 0. The summed E-state index contributed by atoms with van der Waals surface area (Å²) in [5.74, 6) is 2.20. The number of aliphatic hydroxyl groups excluding tert-OH is 1. The number of methoxy groups -OCH3 is 1. The zero-order valence-electron chi connectivity index (χ0n) is 18.5. The molecular weight excluding hydrogens is 396 g/mol. The van der Waals surface area contributed by atoms with Crippen LogP contribution < -0.4 is 14.2 Å². The van der Waals surface area contributed by atoms with Crippen molar-refractivity contribution >= 4 is 0 Å². The molecule has 2 aromatic carbocycles. The summed E-state index contributed by atoms with van der Waals surface area (Å²) in [5.41, 5.74) is 1.13. The Hall–Kier alpha value is -2.32. The largest absolute Gasteiger partial charge is 0.493 e. The van der Waals surface area contributed by atoms with Crippen LogP contribution in [0.5, 0.6) is 17.2 Å². The molecule has 2 aromatic rings. The number of para-hydroxylation sites is 1. The zero-order valence-corrected chi connectivity index (χ0v) is 18.5. The Morgan fingerprint density at radius 1 is 1.06 bits per heavy atom. The molecule has 7 nitrogen and oxygen atoms in total. The minimum absolute atomic E-state index is 0.226. The first-order valence-corrected chi connectivity index (χ1v) is 10.8. The van der Waals surface area contributed by atoms with Gasteiger partial charge in [0.25, 0.3) is 0 Å². The SMILES string of the molecule is COc1cc(CN(C)CCOc2ccccc2)ccc1OC[C@H](O)CN1CCOCC1. The fourth-order valence-electron chi connectivity index (χ4n) is 3.48. The van der Waals surface area contributed by atoms with Gasteiger partial charge in [0, 0.05) is 32.7 Å². The molecule has 1 aliphatic rings. The third-order valence-electron chi connectivity index (χ3n) is 5.17. The first-order chi connectivity index (χ1) is 15.1. The van der Waals surface area contributed by atoms with Crippen molar-refractivity contribution in [2.24, 2.45) is 0 Å². The van der Waals surface area contributed by atoms with Gasteiger partial charge in [-0.2, -0.15) is 0 Å². The van der Waals surface area contributed by atoms with Crippen molar-refractivity contribution in [2.75, 3.05) is 66.8 Å². The van der Waals surface area contributed by atoms with Crippen LogP contribution in [0.2, 0.25) is 0 Å². The summed E-state index contributed by atoms with van der Waals surface area (Å²) in [6.45, 7) is 6.14. The fourth-order valence-corrected chi connectivity index (χ4v) is 3.48. The van der Waals surface area contributed by atoms with Gasteiger partial charge >= 0.3 is 0 Å². The highest BCUT2D eigenvalue weighted by molar-refractivity contribution is 5.43. The average molecular weight is 431 g/mol. The lowest BCUT2D eigenvalue weighted by molar-refractivity contribution is 0.00445. The Bertz CT molecular complexity index is 768. The highest BCUT2D eigenvalue weighted by Gasteiger charge is 2.16. The van der Waals surface area contributed by atoms with Gasteiger partial charge in [-0.15, -0.1) is 0 Å². The highest BCUT2D eigenvalue weighted by atomic mass is 16.5. The number of likely N-dealkylation sites (N-methyl/N-ethyl adjacent to an activating group) is 1. The molecule has 0 radical (unpaired) electrons. The number of hydrogen-bond acceptors (Lipinski definition) is 7. The Labute approximate surface area is 185 Å². The van der Waals surface area contributed by atoms with Crippen LogP contribution in [0, 0.1) is 0 Å². The van der Waals surface area contributed by atoms with Crippen LogP contribution in [0.25, 0.3) is 0 Å². The number of rotatable bonds is 12. The topological polar surface area (TPSA) is 63.6 Å². The van der Waals surface area contributed by atoms with E-state index in [1.807, 2.05) is 48.5 Å². The van der Waals surface area contributed by atoms with E-state index in [2.05, 4.69) is 16.8 Å². The molecular formula is C24H34N2O5. The van der Waals surface area contributed by atoms with E-state index in [1.165, 1.54) is 0 Å². The molecule has 3 rings (SSSR count). The third kappa shape index (κ3) is 8.03. The van der Waals surface area contributed by atoms with E-state index in [-0.39, 0.29) is 6.61 Å². The van der Waals surface area contributed by atoms with Gasteiger partial charge in [-0.25, -0.2) is 0 Å². The zero-order chi connectivity index (χ0) is 21.9. The summed E-state index contributed by atoms with van der Waals surface area (Å²) in [4.78, 5) is 4.39. The van der Waals surface area contributed by atoms with Gasteiger partial charge in [0.1, 0.15) is 25.1 Å². The van der Waals surface area contributed by atoms with Crippen molar-refractivity contribution in [3.05, 3.63) is 54.1 Å². The van der Waals surface area contributed by atoms with Gasteiger partial charge in [-0.1, -0.05) is 24.3 Å². The van der Waals surface area contributed by atoms with Crippen molar-refractivity contribution in [3.8, 4) is 17.2 Å². The summed E-state index contributed by atoms with van der Waals surface area (Å²) in [6.07, 6.45) is -0.557. The number of aliphatic hydroxyl groups is 1. The molecule has 0 bridgehead atoms. The quantitative estimate of drug-likeness (QED) is 0.554. The Morgan fingerprint density at radius 2 is 1.84 bits per heavy atom. The monoisotopic (exact) mass is 430 g/mol. The normalized spacial score (nSPS) is 15.6. The summed E-state index contributed by atoms with van der Waals surface area (Å²) in [7, 11) is 3.70. The van der Waals surface area contributed by atoms with E-state index >= 15 is 0 Å². The maximum Gasteiger partial charge on any atom is 0.161 e. The molecule has 0 unspecified atom stereocenters. The molecule has 1 N–H and O–H groups in total. The van der Waals surface area contributed by atoms with Crippen LogP contribution in [0.15, 0.2) is 48.5 Å². The molecule has 1 saturated heterocycles. The average Bonchev–Trinajstić information content (AvgIpc) is 2.79. The summed E-state index contributed by atoms with van der Waals surface area (Å²) in [6, 6.07) is 15.8. The third-order valence-corrected chi connectivity index (χ3v) is 5.17. The second-order valence-corrected chi connectivity index (χ2v) is 7.76. The van der Waals surface area contributed by atoms with E-state index in [4.69, 9.17) is 18.9 Å². The van der Waals surface area contributed by atoms with E-state index < -0.39 is 6.10 Å².